The molecule has 3 N–H and O–H groups in total. The highest BCUT2D eigenvalue weighted by atomic mass is 16.1. The van der Waals surface area contributed by atoms with E-state index in [0.29, 0.717) is 18.8 Å². The van der Waals surface area contributed by atoms with Crippen molar-refractivity contribution in [3.05, 3.63) is 60.2 Å². The number of hydrogen-bond donors (Lipinski definition) is 2. The molecule has 0 aromatic carbocycles. The van der Waals surface area contributed by atoms with Gasteiger partial charge in [-0.1, -0.05) is 6.07 Å². The lowest BCUT2D eigenvalue weighted by atomic mass is 10.2. The summed E-state index contributed by atoms with van der Waals surface area (Å²) in [5, 5.41) is 7.27. The highest BCUT2D eigenvalue weighted by Crippen LogP contribution is 2.22. The van der Waals surface area contributed by atoms with Crippen molar-refractivity contribution in [2.45, 2.75) is 13.3 Å². The molecule has 0 radical (unpaired) electrons. The van der Waals surface area contributed by atoms with Crippen LogP contribution in [-0.2, 0) is 0 Å². The molecule has 3 aromatic heterocycles. The van der Waals surface area contributed by atoms with Crippen molar-refractivity contribution in [1.29, 1.82) is 0 Å². The number of hydrogen-bond acceptors (Lipinski definition) is 5. The Labute approximate surface area is 145 Å². The second-order valence-electron chi connectivity index (χ2n) is 5.66. The van der Waals surface area contributed by atoms with Crippen LogP contribution in [0.3, 0.4) is 0 Å². The number of nitrogens with zero attached hydrogens (tertiary/aromatic N) is 4. The van der Waals surface area contributed by atoms with Crippen LogP contribution in [0.2, 0.25) is 0 Å². The molecule has 7 heteroatoms. The Balaban J connectivity index is 2.00. The molecule has 0 atom stereocenters. The first-order valence-corrected chi connectivity index (χ1v) is 8.11. The molecule has 25 heavy (non-hydrogen) atoms. The molecule has 3 heterocycles. The molecule has 0 bridgehead atoms. The van der Waals surface area contributed by atoms with Crippen molar-refractivity contribution in [1.82, 2.24) is 25.1 Å². The Hall–Kier alpha value is -3.06. The zero-order valence-electron chi connectivity index (χ0n) is 14.0. The lowest BCUT2D eigenvalue weighted by Crippen LogP contribution is -2.26. The molecule has 0 aliphatic heterocycles. The van der Waals surface area contributed by atoms with E-state index in [2.05, 4.69) is 20.4 Å². The second-order valence-corrected chi connectivity index (χ2v) is 5.66. The minimum atomic E-state index is -0.232. The van der Waals surface area contributed by atoms with Crippen LogP contribution in [0.1, 0.15) is 22.5 Å². The fourth-order valence-electron chi connectivity index (χ4n) is 2.36. The van der Waals surface area contributed by atoms with Gasteiger partial charge in [0.1, 0.15) is 0 Å². The van der Waals surface area contributed by atoms with E-state index in [1.54, 1.807) is 29.3 Å². The Morgan fingerprint density at radius 3 is 2.84 bits per heavy atom. The predicted octanol–water partition coefficient (Wildman–Crippen LogP) is 1.72. The summed E-state index contributed by atoms with van der Waals surface area (Å²) in [6.45, 7) is 3.03. The molecule has 0 spiro atoms. The van der Waals surface area contributed by atoms with Crippen LogP contribution in [0.5, 0.6) is 0 Å². The van der Waals surface area contributed by atoms with Gasteiger partial charge in [-0.25, -0.2) is 4.68 Å². The molecule has 0 saturated carbocycles. The Bertz CT molecular complexity index is 842. The number of carbonyl (C=O) groups excluding carboxylic acids is 1. The van der Waals surface area contributed by atoms with Gasteiger partial charge in [-0.3, -0.25) is 14.8 Å². The van der Waals surface area contributed by atoms with Crippen molar-refractivity contribution >= 4 is 5.91 Å². The van der Waals surface area contributed by atoms with Gasteiger partial charge in [-0.05, 0) is 49.7 Å². The van der Waals surface area contributed by atoms with Crippen LogP contribution < -0.4 is 11.1 Å². The molecule has 128 valence electrons. The van der Waals surface area contributed by atoms with Crippen LogP contribution in [0.4, 0.5) is 0 Å². The summed E-state index contributed by atoms with van der Waals surface area (Å²) in [5.74, 6) is -0.232. The lowest BCUT2D eigenvalue weighted by molar-refractivity contribution is 0.0948. The van der Waals surface area contributed by atoms with Crippen LogP contribution in [0.15, 0.2) is 48.9 Å². The highest BCUT2D eigenvalue weighted by Gasteiger charge is 2.17. The minimum absolute atomic E-state index is 0.232. The molecule has 1 amide bonds. The normalized spacial score (nSPS) is 10.6. The zero-order valence-corrected chi connectivity index (χ0v) is 14.0. The maximum atomic E-state index is 12.3. The molecule has 0 aliphatic rings. The summed E-state index contributed by atoms with van der Waals surface area (Å²) in [5.41, 5.74) is 9.09. The van der Waals surface area contributed by atoms with Crippen molar-refractivity contribution in [3.8, 4) is 17.1 Å². The topological polar surface area (TPSA) is 98.7 Å². The van der Waals surface area contributed by atoms with Crippen LogP contribution in [-0.4, -0.2) is 38.7 Å². The molecular weight excluding hydrogens is 316 g/mol. The maximum absolute atomic E-state index is 12.3. The van der Waals surface area contributed by atoms with Crippen molar-refractivity contribution in [2.24, 2.45) is 5.73 Å². The molecule has 0 saturated heterocycles. The standard InChI is InChI=1S/C18H20N6O/c1-13-5-6-15(22-11-13)17-10-16(18(25)21-9-3-7-19)23-24(17)14-4-2-8-20-12-14/h2,4-6,8,10-12H,3,7,9,19H2,1H3,(H,21,25). The Morgan fingerprint density at radius 1 is 1.28 bits per heavy atom. The summed E-state index contributed by atoms with van der Waals surface area (Å²) < 4.78 is 1.68. The average molecular weight is 336 g/mol. The third kappa shape index (κ3) is 3.89. The highest BCUT2D eigenvalue weighted by molar-refractivity contribution is 5.93. The third-order valence-electron chi connectivity index (χ3n) is 3.67. The van der Waals surface area contributed by atoms with Crippen LogP contribution >= 0.6 is 0 Å². The lowest BCUT2D eigenvalue weighted by Gasteiger charge is -2.06. The molecule has 0 aliphatic carbocycles. The van der Waals surface area contributed by atoms with Crippen molar-refractivity contribution < 1.29 is 4.79 Å². The SMILES string of the molecule is Cc1ccc(-c2cc(C(=O)NCCCN)nn2-c2cccnc2)nc1. The summed E-state index contributed by atoms with van der Waals surface area (Å²) in [6, 6.07) is 9.33. The minimum Gasteiger partial charge on any atom is -0.351 e. The quantitative estimate of drug-likeness (QED) is 0.668. The third-order valence-corrected chi connectivity index (χ3v) is 3.67. The van der Waals surface area contributed by atoms with E-state index in [1.807, 2.05) is 31.2 Å². The first-order chi connectivity index (χ1) is 12.2. The van der Waals surface area contributed by atoms with E-state index in [1.165, 1.54) is 0 Å². The number of aryl methyl sites for hydroxylation is 1. The van der Waals surface area contributed by atoms with Gasteiger partial charge in [0.15, 0.2) is 5.69 Å². The van der Waals surface area contributed by atoms with E-state index in [0.717, 1.165) is 29.1 Å². The first-order valence-electron chi connectivity index (χ1n) is 8.11. The van der Waals surface area contributed by atoms with E-state index in [4.69, 9.17) is 5.73 Å². The molecule has 7 nitrogen and oxygen atoms in total. The predicted molar refractivity (Wildman–Crippen MR) is 95.3 cm³/mol. The molecule has 3 aromatic rings. The summed E-state index contributed by atoms with van der Waals surface area (Å²) in [7, 11) is 0. The van der Waals surface area contributed by atoms with E-state index in [9.17, 15) is 4.79 Å². The van der Waals surface area contributed by atoms with Gasteiger partial charge in [-0.2, -0.15) is 5.10 Å². The second kappa shape index (κ2) is 7.67. The van der Waals surface area contributed by atoms with Gasteiger partial charge in [0.25, 0.3) is 5.91 Å². The smallest absolute Gasteiger partial charge is 0.271 e. The fraction of sp³-hybridized carbons (Fsp3) is 0.222. The van der Waals surface area contributed by atoms with Gasteiger partial charge in [0.2, 0.25) is 0 Å². The molecule has 0 fully saturated rings. The van der Waals surface area contributed by atoms with Crippen molar-refractivity contribution in [3.63, 3.8) is 0 Å². The summed E-state index contributed by atoms with van der Waals surface area (Å²) in [6.07, 6.45) is 5.90. The molecular formula is C18H20N6O. The number of pyridine rings is 2. The Morgan fingerprint density at radius 2 is 2.16 bits per heavy atom. The van der Waals surface area contributed by atoms with Crippen molar-refractivity contribution in [2.75, 3.05) is 13.1 Å². The van der Waals surface area contributed by atoms with Gasteiger partial charge >= 0.3 is 0 Å². The number of carbonyl (C=O) groups is 1. The zero-order chi connectivity index (χ0) is 17.6. The maximum Gasteiger partial charge on any atom is 0.271 e. The fourth-order valence-corrected chi connectivity index (χ4v) is 2.36. The van der Waals surface area contributed by atoms with E-state index >= 15 is 0 Å². The molecule has 3 rings (SSSR count). The number of amides is 1. The van der Waals surface area contributed by atoms with Gasteiger partial charge in [-0.15, -0.1) is 0 Å². The summed E-state index contributed by atoms with van der Waals surface area (Å²) >= 11 is 0. The number of rotatable bonds is 6. The summed E-state index contributed by atoms with van der Waals surface area (Å²) in [4.78, 5) is 20.9. The van der Waals surface area contributed by atoms with Gasteiger partial charge < -0.3 is 11.1 Å². The van der Waals surface area contributed by atoms with Crippen LogP contribution in [0, 0.1) is 6.92 Å². The number of aromatic nitrogens is 4. The van der Waals surface area contributed by atoms with Gasteiger partial charge in [0.05, 0.1) is 23.3 Å². The van der Waals surface area contributed by atoms with Gasteiger partial charge in [0, 0.05) is 18.9 Å². The average Bonchev–Trinajstić information content (AvgIpc) is 3.09. The number of nitrogens with one attached hydrogen (secondary N) is 1. The molecule has 0 unspecified atom stereocenters. The number of nitrogens with two attached hydrogens (primary N) is 1. The van der Waals surface area contributed by atoms with Crippen LogP contribution in [0.25, 0.3) is 17.1 Å². The van der Waals surface area contributed by atoms with E-state index in [-0.39, 0.29) is 5.91 Å². The monoisotopic (exact) mass is 336 g/mol. The largest absolute Gasteiger partial charge is 0.351 e. The first kappa shape index (κ1) is 16.8. The Kier molecular flexibility index (Phi) is 5.15. The van der Waals surface area contributed by atoms with E-state index < -0.39 is 0 Å².